The van der Waals surface area contributed by atoms with Crippen LogP contribution in [0.25, 0.3) is 0 Å². The van der Waals surface area contributed by atoms with Gasteiger partial charge in [-0.1, -0.05) is 25.4 Å². The fourth-order valence-electron chi connectivity index (χ4n) is 2.72. The Labute approximate surface area is 150 Å². The molecular formula is C16H21ClN4O4. The largest absolute Gasteiger partial charge is 0.340 e. The number of amides is 2. The first-order valence-corrected chi connectivity index (χ1v) is 8.37. The number of hydrogen-bond acceptors (Lipinski definition) is 5. The molecule has 0 aromatic heterocycles. The van der Waals surface area contributed by atoms with E-state index in [9.17, 15) is 19.7 Å². The van der Waals surface area contributed by atoms with E-state index in [4.69, 9.17) is 17.3 Å². The number of nitro groups is 1. The highest BCUT2D eigenvalue weighted by atomic mass is 35.5. The predicted molar refractivity (Wildman–Crippen MR) is 93.4 cm³/mol. The minimum atomic E-state index is -0.718. The smallest absolute Gasteiger partial charge is 0.270 e. The van der Waals surface area contributed by atoms with Crippen LogP contribution < -0.4 is 11.1 Å². The molecule has 0 radical (unpaired) electrons. The zero-order valence-corrected chi connectivity index (χ0v) is 14.8. The highest BCUT2D eigenvalue weighted by molar-refractivity contribution is 6.34. The molecule has 1 heterocycles. The second-order valence-electron chi connectivity index (χ2n) is 6.45. The van der Waals surface area contributed by atoms with E-state index in [1.165, 1.54) is 12.1 Å². The van der Waals surface area contributed by atoms with Gasteiger partial charge in [0.25, 0.3) is 11.6 Å². The molecule has 2 amide bonds. The van der Waals surface area contributed by atoms with Gasteiger partial charge in [-0.2, -0.15) is 0 Å². The molecule has 2 rings (SSSR count). The third-order valence-electron chi connectivity index (χ3n) is 4.16. The molecule has 9 heteroatoms. The number of hydrogen-bond donors (Lipinski definition) is 2. The van der Waals surface area contributed by atoms with E-state index in [2.05, 4.69) is 5.32 Å². The Bertz CT molecular complexity index is 695. The molecule has 1 aromatic rings. The lowest BCUT2D eigenvalue weighted by molar-refractivity contribution is -0.384. The summed E-state index contributed by atoms with van der Waals surface area (Å²) < 4.78 is 0. The van der Waals surface area contributed by atoms with Crippen LogP contribution in [-0.4, -0.2) is 46.8 Å². The van der Waals surface area contributed by atoms with Gasteiger partial charge in [-0.25, -0.2) is 0 Å². The van der Waals surface area contributed by atoms with Crippen LogP contribution in [-0.2, 0) is 4.79 Å². The second-order valence-corrected chi connectivity index (χ2v) is 6.86. The Kier molecular flexibility index (Phi) is 5.97. The average molecular weight is 369 g/mol. The van der Waals surface area contributed by atoms with E-state index in [1.807, 2.05) is 13.8 Å². The van der Waals surface area contributed by atoms with E-state index >= 15 is 0 Å². The van der Waals surface area contributed by atoms with E-state index < -0.39 is 16.9 Å². The number of nitrogens with zero attached hydrogens (tertiary/aromatic N) is 2. The number of carbonyl (C=O) groups excluding carboxylic acids is 2. The fourth-order valence-corrected chi connectivity index (χ4v) is 2.98. The number of rotatable bonds is 5. The summed E-state index contributed by atoms with van der Waals surface area (Å²) in [5.74, 6) is -0.866. The summed E-state index contributed by atoms with van der Waals surface area (Å²) in [5.41, 5.74) is 5.72. The number of carbonyl (C=O) groups is 2. The standard InChI is InChI=1S/C16H21ClN4O4/c1-9(2)14(16(23)20-6-5-10(18)8-20)19-15(22)12-4-3-11(21(24)25)7-13(12)17/h3-4,7,9-10,14H,5-6,8,18H2,1-2H3,(H,19,22)/t10-,14?/m1/s1. The normalized spacial score (nSPS) is 18.3. The quantitative estimate of drug-likeness (QED) is 0.604. The van der Waals surface area contributed by atoms with Crippen LogP contribution in [0.4, 0.5) is 5.69 Å². The Morgan fingerprint density at radius 2 is 2.12 bits per heavy atom. The summed E-state index contributed by atoms with van der Waals surface area (Å²) >= 11 is 5.98. The lowest BCUT2D eigenvalue weighted by Gasteiger charge is -2.27. The van der Waals surface area contributed by atoms with Crippen LogP contribution in [0.5, 0.6) is 0 Å². The zero-order valence-electron chi connectivity index (χ0n) is 14.1. The zero-order chi connectivity index (χ0) is 18.7. The maximum absolute atomic E-state index is 12.7. The topological polar surface area (TPSA) is 119 Å². The van der Waals surface area contributed by atoms with Gasteiger partial charge in [0.05, 0.1) is 15.5 Å². The molecule has 1 saturated heterocycles. The van der Waals surface area contributed by atoms with Gasteiger partial charge in [-0.3, -0.25) is 19.7 Å². The molecule has 25 heavy (non-hydrogen) atoms. The number of nitro benzene ring substituents is 1. The summed E-state index contributed by atoms with van der Waals surface area (Å²) in [6, 6.07) is 2.83. The first kappa shape index (κ1) is 19.1. The highest BCUT2D eigenvalue weighted by Crippen LogP contribution is 2.23. The average Bonchev–Trinajstić information content (AvgIpc) is 2.97. The first-order valence-electron chi connectivity index (χ1n) is 8.00. The summed E-state index contributed by atoms with van der Waals surface area (Å²) in [7, 11) is 0. The summed E-state index contributed by atoms with van der Waals surface area (Å²) in [5, 5.41) is 13.4. The molecule has 1 aromatic carbocycles. The lowest BCUT2D eigenvalue weighted by Crippen LogP contribution is -2.51. The van der Waals surface area contributed by atoms with Crippen molar-refractivity contribution in [1.82, 2.24) is 10.2 Å². The van der Waals surface area contributed by atoms with Gasteiger partial charge in [0.1, 0.15) is 6.04 Å². The molecule has 0 aliphatic carbocycles. The van der Waals surface area contributed by atoms with Crippen LogP contribution in [0, 0.1) is 16.0 Å². The Morgan fingerprint density at radius 1 is 1.44 bits per heavy atom. The summed E-state index contributed by atoms with van der Waals surface area (Å²) in [4.78, 5) is 36.9. The molecule has 0 saturated carbocycles. The van der Waals surface area contributed by atoms with Gasteiger partial charge in [0, 0.05) is 31.3 Å². The molecular weight excluding hydrogens is 348 g/mol. The van der Waals surface area contributed by atoms with Crippen molar-refractivity contribution < 1.29 is 14.5 Å². The molecule has 0 spiro atoms. The number of nitrogens with one attached hydrogen (secondary N) is 1. The van der Waals surface area contributed by atoms with E-state index in [0.717, 1.165) is 12.5 Å². The third kappa shape index (κ3) is 4.46. The van der Waals surface area contributed by atoms with Crippen molar-refractivity contribution in [2.75, 3.05) is 13.1 Å². The molecule has 0 bridgehead atoms. The SMILES string of the molecule is CC(C)C(NC(=O)c1ccc([N+](=O)[O-])cc1Cl)C(=O)N1CC[C@@H](N)C1. The van der Waals surface area contributed by atoms with Crippen molar-refractivity contribution in [1.29, 1.82) is 0 Å². The third-order valence-corrected chi connectivity index (χ3v) is 4.48. The Morgan fingerprint density at radius 3 is 2.60 bits per heavy atom. The van der Waals surface area contributed by atoms with Gasteiger partial charge < -0.3 is 16.0 Å². The molecule has 8 nitrogen and oxygen atoms in total. The summed E-state index contributed by atoms with van der Waals surface area (Å²) in [6.07, 6.45) is 0.735. The number of halogens is 1. The highest BCUT2D eigenvalue weighted by Gasteiger charge is 2.32. The van der Waals surface area contributed by atoms with Crippen LogP contribution in [0.2, 0.25) is 5.02 Å². The fraction of sp³-hybridized carbons (Fsp3) is 0.500. The molecule has 1 aliphatic heterocycles. The minimum absolute atomic E-state index is 0.0372. The van der Waals surface area contributed by atoms with E-state index in [0.29, 0.717) is 13.1 Å². The molecule has 3 N–H and O–H groups in total. The van der Waals surface area contributed by atoms with E-state index in [1.54, 1.807) is 4.90 Å². The van der Waals surface area contributed by atoms with Crippen molar-refractivity contribution in [3.05, 3.63) is 38.9 Å². The predicted octanol–water partition coefficient (Wildman–Crippen LogP) is 1.56. The van der Waals surface area contributed by atoms with Gasteiger partial charge in [0.15, 0.2) is 0 Å². The lowest BCUT2D eigenvalue weighted by atomic mass is 10.0. The summed E-state index contributed by atoms with van der Waals surface area (Å²) in [6.45, 7) is 4.69. The first-order chi connectivity index (χ1) is 11.7. The monoisotopic (exact) mass is 368 g/mol. The number of likely N-dealkylation sites (tertiary alicyclic amines) is 1. The van der Waals surface area contributed by atoms with Crippen molar-refractivity contribution >= 4 is 29.1 Å². The van der Waals surface area contributed by atoms with Crippen molar-refractivity contribution in [3.8, 4) is 0 Å². The maximum Gasteiger partial charge on any atom is 0.270 e. The van der Waals surface area contributed by atoms with Gasteiger partial charge in [-0.15, -0.1) is 0 Å². The molecule has 2 atom stereocenters. The maximum atomic E-state index is 12.7. The van der Waals surface area contributed by atoms with E-state index in [-0.39, 0.29) is 34.1 Å². The number of non-ortho nitro benzene ring substituents is 1. The van der Waals surface area contributed by atoms with Crippen molar-refractivity contribution in [2.45, 2.75) is 32.4 Å². The molecule has 136 valence electrons. The van der Waals surface area contributed by atoms with Gasteiger partial charge >= 0.3 is 0 Å². The molecule has 1 fully saturated rings. The van der Waals surface area contributed by atoms with Crippen molar-refractivity contribution in [3.63, 3.8) is 0 Å². The molecule has 1 unspecified atom stereocenters. The van der Waals surface area contributed by atoms with Gasteiger partial charge in [0.2, 0.25) is 5.91 Å². The minimum Gasteiger partial charge on any atom is -0.340 e. The Balaban J connectivity index is 2.15. The second kappa shape index (κ2) is 7.79. The van der Waals surface area contributed by atoms with Crippen LogP contribution in [0.15, 0.2) is 18.2 Å². The number of nitrogens with two attached hydrogens (primary N) is 1. The molecule has 1 aliphatic rings. The van der Waals surface area contributed by atoms with Crippen molar-refractivity contribution in [2.24, 2.45) is 11.7 Å². The van der Waals surface area contributed by atoms with Crippen LogP contribution in [0.3, 0.4) is 0 Å². The van der Waals surface area contributed by atoms with Crippen LogP contribution in [0.1, 0.15) is 30.6 Å². The van der Waals surface area contributed by atoms with Crippen LogP contribution >= 0.6 is 11.6 Å². The Hall–Kier alpha value is -2.19. The van der Waals surface area contributed by atoms with Gasteiger partial charge in [-0.05, 0) is 18.4 Å². The number of benzene rings is 1.